The monoisotopic (exact) mass is 219 g/mol. The molecule has 1 rings (SSSR count). The van der Waals surface area contributed by atoms with Crippen molar-refractivity contribution in [1.29, 1.82) is 5.26 Å². The lowest BCUT2D eigenvalue weighted by molar-refractivity contribution is 0.691. The van der Waals surface area contributed by atoms with Crippen LogP contribution in [0.3, 0.4) is 0 Å². The van der Waals surface area contributed by atoms with E-state index < -0.39 is 0 Å². The van der Waals surface area contributed by atoms with Crippen LogP contribution in [0.5, 0.6) is 0 Å². The molecule has 0 aromatic carbocycles. The second kappa shape index (κ2) is 5.31. The lowest BCUT2D eigenvalue weighted by atomic mass is 10.2. The molecule has 5 nitrogen and oxygen atoms in total. The molecule has 1 N–H and O–H groups in total. The molecular formula is C11H17N5. The number of nitrogens with one attached hydrogen (secondary N) is 1. The van der Waals surface area contributed by atoms with Gasteiger partial charge in [0.05, 0.1) is 12.5 Å². The lowest BCUT2D eigenvalue weighted by Crippen LogP contribution is -2.29. The molecule has 16 heavy (non-hydrogen) atoms. The Kier molecular flexibility index (Phi) is 4.06. The summed E-state index contributed by atoms with van der Waals surface area (Å²) in [5.74, 6) is 2.34. The highest BCUT2D eigenvalue weighted by molar-refractivity contribution is 5.49. The molecule has 1 unspecified atom stereocenters. The van der Waals surface area contributed by atoms with Crippen LogP contribution in [-0.2, 0) is 0 Å². The maximum absolute atomic E-state index is 8.67. The van der Waals surface area contributed by atoms with Gasteiger partial charge in [-0.15, -0.1) is 0 Å². The topological polar surface area (TPSA) is 64.8 Å². The number of nitriles is 1. The van der Waals surface area contributed by atoms with Gasteiger partial charge >= 0.3 is 0 Å². The van der Waals surface area contributed by atoms with E-state index in [9.17, 15) is 0 Å². The SMILES string of the molecule is CNc1cc(N(C)C(C)CC#N)nc(C)n1. The molecule has 0 amide bonds. The Morgan fingerprint density at radius 1 is 1.56 bits per heavy atom. The van der Waals surface area contributed by atoms with Crippen molar-refractivity contribution in [3.63, 3.8) is 0 Å². The maximum Gasteiger partial charge on any atom is 0.134 e. The van der Waals surface area contributed by atoms with Crippen molar-refractivity contribution in [2.45, 2.75) is 26.3 Å². The van der Waals surface area contributed by atoms with Crippen LogP contribution in [0.4, 0.5) is 11.6 Å². The number of anilines is 2. The summed E-state index contributed by atoms with van der Waals surface area (Å²) < 4.78 is 0. The van der Waals surface area contributed by atoms with Crippen molar-refractivity contribution >= 4 is 11.6 Å². The normalized spacial score (nSPS) is 11.7. The Balaban J connectivity index is 2.95. The van der Waals surface area contributed by atoms with Gasteiger partial charge in [0.2, 0.25) is 0 Å². The van der Waals surface area contributed by atoms with E-state index in [0.717, 1.165) is 17.5 Å². The first-order valence-electron chi connectivity index (χ1n) is 5.21. The van der Waals surface area contributed by atoms with Crippen molar-refractivity contribution in [3.8, 4) is 6.07 Å². The fraction of sp³-hybridized carbons (Fsp3) is 0.545. The minimum Gasteiger partial charge on any atom is -0.373 e. The zero-order valence-electron chi connectivity index (χ0n) is 10.2. The molecule has 1 atom stereocenters. The Bertz CT molecular complexity index is 396. The van der Waals surface area contributed by atoms with Crippen LogP contribution in [0.15, 0.2) is 6.07 Å². The van der Waals surface area contributed by atoms with Gasteiger partial charge < -0.3 is 10.2 Å². The van der Waals surface area contributed by atoms with E-state index in [1.54, 1.807) is 0 Å². The molecule has 0 fully saturated rings. The fourth-order valence-electron chi connectivity index (χ4n) is 1.36. The molecule has 1 heterocycles. The maximum atomic E-state index is 8.67. The zero-order valence-corrected chi connectivity index (χ0v) is 10.2. The molecule has 5 heteroatoms. The lowest BCUT2D eigenvalue weighted by Gasteiger charge is -2.24. The fourth-order valence-corrected chi connectivity index (χ4v) is 1.36. The molecule has 1 aromatic heterocycles. The van der Waals surface area contributed by atoms with E-state index in [1.165, 1.54) is 0 Å². The van der Waals surface area contributed by atoms with Gasteiger partial charge in [-0.25, -0.2) is 9.97 Å². The minimum atomic E-state index is 0.143. The van der Waals surface area contributed by atoms with Crippen molar-refractivity contribution in [3.05, 3.63) is 11.9 Å². The summed E-state index contributed by atoms with van der Waals surface area (Å²) in [6.07, 6.45) is 0.481. The van der Waals surface area contributed by atoms with Crippen LogP contribution >= 0.6 is 0 Å². The summed E-state index contributed by atoms with van der Waals surface area (Å²) in [6.45, 7) is 3.85. The first-order chi connectivity index (χ1) is 7.58. The first-order valence-corrected chi connectivity index (χ1v) is 5.21. The largest absolute Gasteiger partial charge is 0.373 e. The Morgan fingerprint density at radius 2 is 2.25 bits per heavy atom. The van der Waals surface area contributed by atoms with Crippen LogP contribution in [-0.4, -0.2) is 30.1 Å². The van der Waals surface area contributed by atoms with E-state index in [2.05, 4.69) is 21.4 Å². The third-order valence-corrected chi connectivity index (χ3v) is 2.49. The van der Waals surface area contributed by atoms with Gasteiger partial charge in [-0.05, 0) is 13.8 Å². The molecule has 0 saturated heterocycles. The molecule has 86 valence electrons. The number of aryl methyl sites for hydroxylation is 1. The molecule has 0 bridgehead atoms. The van der Waals surface area contributed by atoms with Gasteiger partial charge in [0.25, 0.3) is 0 Å². The first kappa shape index (κ1) is 12.2. The number of aromatic nitrogens is 2. The predicted molar refractivity (Wildman–Crippen MR) is 64.4 cm³/mol. The summed E-state index contributed by atoms with van der Waals surface area (Å²) in [7, 11) is 3.76. The molecular weight excluding hydrogens is 202 g/mol. The van der Waals surface area contributed by atoms with Crippen molar-refractivity contribution in [2.75, 3.05) is 24.3 Å². The molecule has 0 aliphatic heterocycles. The van der Waals surface area contributed by atoms with E-state index in [4.69, 9.17) is 5.26 Å². The van der Waals surface area contributed by atoms with Gasteiger partial charge in [-0.2, -0.15) is 5.26 Å². The van der Waals surface area contributed by atoms with Crippen molar-refractivity contribution < 1.29 is 0 Å². The van der Waals surface area contributed by atoms with Gasteiger partial charge in [-0.1, -0.05) is 0 Å². The smallest absolute Gasteiger partial charge is 0.134 e. The highest BCUT2D eigenvalue weighted by atomic mass is 15.2. The molecule has 0 aliphatic carbocycles. The third-order valence-electron chi connectivity index (χ3n) is 2.49. The van der Waals surface area contributed by atoms with E-state index >= 15 is 0 Å². The molecule has 0 aliphatic rings. The number of rotatable bonds is 4. The predicted octanol–water partition coefficient (Wildman–Crippen LogP) is 1.57. The van der Waals surface area contributed by atoms with Crippen molar-refractivity contribution in [2.24, 2.45) is 0 Å². The van der Waals surface area contributed by atoms with E-state index in [1.807, 2.05) is 38.9 Å². The molecule has 0 spiro atoms. The Labute approximate surface area is 96.1 Å². The number of nitrogens with zero attached hydrogens (tertiary/aromatic N) is 4. The van der Waals surface area contributed by atoms with Crippen LogP contribution in [0.2, 0.25) is 0 Å². The third kappa shape index (κ3) is 2.83. The van der Waals surface area contributed by atoms with Crippen LogP contribution in [0.25, 0.3) is 0 Å². The minimum absolute atomic E-state index is 0.143. The van der Waals surface area contributed by atoms with Gasteiger partial charge in [0.1, 0.15) is 17.5 Å². The van der Waals surface area contributed by atoms with E-state index in [0.29, 0.717) is 6.42 Å². The number of hydrogen-bond acceptors (Lipinski definition) is 5. The summed E-state index contributed by atoms with van der Waals surface area (Å²) in [5.41, 5.74) is 0. The van der Waals surface area contributed by atoms with Gasteiger partial charge in [-0.3, -0.25) is 0 Å². The quantitative estimate of drug-likeness (QED) is 0.832. The second-order valence-electron chi connectivity index (χ2n) is 3.73. The molecule has 1 aromatic rings. The molecule has 0 saturated carbocycles. The van der Waals surface area contributed by atoms with Crippen molar-refractivity contribution in [1.82, 2.24) is 9.97 Å². The summed E-state index contributed by atoms with van der Waals surface area (Å²) >= 11 is 0. The van der Waals surface area contributed by atoms with Gasteiger partial charge in [0.15, 0.2) is 0 Å². The molecule has 0 radical (unpaired) electrons. The van der Waals surface area contributed by atoms with Crippen LogP contribution in [0, 0.1) is 18.3 Å². The second-order valence-corrected chi connectivity index (χ2v) is 3.73. The highest BCUT2D eigenvalue weighted by Gasteiger charge is 2.12. The number of hydrogen-bond donors (Lipinski definition) is 1. The summed E-state index contributed by atoms with van der Waals surface area (Å²) in [6, 6.07) is 4.18. The Hall–Kier alpha value is -1.83. The van der Waals surface area contributed by atoms with E-state index in [-0.39, 0.29) is 6.04 Å². The standard InChI is InChI=1S/C11H17N5/c1-8(5-6-12)16(4)11-7-10(13-3)14-9(2)15-11/h7-8H,5H2,1-4H3,(H,13,14,15). The highest BCUT2D eigenvalue weighted by Crippen LogP contribution is 2.17. The zero-order chi connectivity index (χ0) is 12.1. The Morgan fingerprint density at radius 3 is 2.81 bits per heavy atom. The van der Waals surface area contributed by atoms with Crippen LogP contribution in [0.1, 0.15) is 19.2 Å². The van der Waals surface area contributed by atoms with Crippen LogP contribution < -0.4 is 10.2 Å². The summed E-state index contributed by atoms with van der Waals surface area (Å²) in [5, 5.41) is 11.7. The van der Waals surface area contributed by atoms with Gasteiger partial charge in [0, 0.05) is 26.2 Å². The average Bonchev–Trinajstić information content (AvgIpc) is 2.27. The summed E-state index contributed by atoms with van der Waals surface area (Å²) in [4.78, 5) is 10.6. The average molecular weight is 219 g/mol.